The molecular weight excluding hydrogens is 326 g/mol. The molecule has 0 saturated carbocycles. The van der Waals surface area contributed by atoms with Crippen molar-refractivity contribution in [3.63, 3.8) is 0 Å². The summed E-state index contributed by atoms with van der Waals surface area (Å²) in [6, 6.07) is 11.2. The van der Waals surface area contributed by atoms with Crippen molar-refractivity contribution in [1.82, 2.24) is 30.6 Å². The summed E-state index contributed by atoms with van der Waals surface area (Å²) in [7, 11) is 1.92. The molecule has 1 aromatic carbocycles. The van der Waals surface area contributed by atoms with Gasteiger partial charge in [0.15, 0.2) is 5.65 Å². The number of nitrogens with zero attached hydrogens (tertiary/aromatic N) is 4. The normalized spacial score (nSPS) is 19.9. The average molecular weight is 351 g/mol. The second kappa shape index (κ2) is 7.39. The quantitative estimate of drug-likeness (QED) is 0.633. The highest BCUT2D eigenvalue weighted by molar-refractivity contribution is 5.86. The SMILES string of the molecule is CCCc1nc(NCC2CC(c3ccccc3)NN2)c2cnn(C)c2n1. The van der Waals surface area contributed by atoms with Gasteiger partial charge in [0, 0.05) is 32.1 Å². The zero-order chi connectivity index (χ0) is 17.9. The highest BCUT2D eigenvalue weighted by Gasteiger charge is 2.25. The first-order valence-electron chi connectivity index (χ1n) is 9.23. The van der Waals surface area contributed by atoms with Crippen LogP contribution in [-0.2, 0) is 13.5 Å². The first kappa shape index (κ1) is 16.9. The van der Waals surface area contributed by atoms with Crippen LogP contribution in [0.4, 0.5) is 5.82 Å². The lowest BCUT2D eigenvalue weighted by atomic mass is 10.0. The van der Waals surface area contributed by atoms with Gasteiger partial charge in [-0.1, -0.05) is 37.3 Å². The minimum Gasteiger partial charge on any atom is -0.368 e. The molecule has 1 saturated heterocycles. The lowest BCUT2D eigenvalue weighted by molar-refractivity contribution is 0.552. The van der Waals surface area contributed by atoms with E-state index >= 15 is 0 Å². The molecule has 3 heterocycles. The molecule has 2 aromatic heterocycles. The third-order valence-corrected chi connectivity index (χ3v) is 4.81. The molecule has 3 N–H and O–H groups in total. The van der Waals surface area contributed by atoms with Crippen molar-refractivity contribution >= 4 is 16.9 Å². The summed E-state index contributed by atoms with van der Waals surface area (Å²) in [5.41, 5.74) is 8.97. The van der Waals surface area contributed by atoms with Crippen LogP contribution in [0.25, 0.3) is 11.0 Å². The second-order valence-electron chi connectivity index (χ2n) is 6.81. The largest absolute Gasteiger partial charge is 0.368 e. The lowest BCUT2D eigenvalue weighted by Crippen LogP contribution is -2.35. The van der Waals surface area contributed by atoms with Crippen LogP contribution in [0.2, 0.25) is 0 Å². The Labute approximate surface area is 153 Å². The topological polar surface area (TPSA) is 79.7 Å². The first-order valence-corrected chi connectivity index (χ1v) is 9.23. The van der Waals surface area contributed by atoms with Gasteiger partial charge in [-0.3, -0.25) is 10.1 Å². The van der Waals surface area contributed by atoms with Crippen LogP contribution < -0.4 is 16.2 Å². The second-order valence-corrected chi connectivity index (χ2v) is 6.81. The van der Waals surface area contributed by atoms with Crippen molar-refractivity contribution < 1.29 is 0 Å². The van der Waals surface area contributed by atoms with E-state index in [1.54, 1.807) is 0 Å². The maximum Gasteiger partial charge on any atom is 0.163 e. The molecule has 7 nitrogen and oxygen atoms in total. The van der Waals surface area contributed by atoms with Crippen molar-refractivity contribution in [2.75, 3.05) is 11.9 Å². The number of aryl methyl sites for hydroxylation is 2. The van der Waals surface area contributed by atoms with Gasteiger partial charge in [-0.2, -0.15) is 5.10 Å². The van der Waals surface area contributed by atoms with E-state index in [4.69, 9.17) is 4.98 Å². The maximum absolute atomic E-state index is 4.72. The number of rotatable bonds is 6. The van der Waals surface area contributed by atoms with E-state index in [2.05, 4.69) is 57.4 Å². The zero-order valence-electron chi connectivity index (χ0n) is 15.2. The number of hydrazine groups is 1. The van der Waals surface area contributed by atoms with Crippen LogP contribution in [-0.4, -0.2) is 32.3 Å². The molecular formula is C19H25N7. The summed E-state index contributed by atoms with van der Waals surface area (Å²) in [5, 5.41) is 8.81. The van der Waals surface area contributed by atoms with Crippen molar-refractivity contribution in [3.05, 3.63) is 47.9 Å². The van der Waals surface area contributed by atoms with Gasteiger partial charge in [0.25, 0.3) is 0 Å². The zero-order valence-corrected chi connectivity index (χ0v) is 15.2. The highest BCUT2D eigenvalue weighted by Crippen LogP contribution is 2.24. The van der Waals surface area contributed by atoms with Gasteiger partial charge < -0.3 is 5.32 Å². The summed E-state index contributed by atoms with van der Waals surface area (Å²) >= 11 is 0. The molecule has 0 bridgehead atoms. The Morgan fingerprint density at radius 1 is 1.19 bits per heavy atom. The van der Waals surface area contributed by atoms with Crippen LogP contribution in [0, 0.1) is 0 Å². The molecule has 1 aliphatic heterocycles. The summed E-state index contributed by atoms with van der Waals surface area (Å²) in [6.07, 6.45) is 4.76. The molecule has 2 unspecified atom stereocenters. The van der Waals surface area contributed by atoms with E-state index in [0.717, 1.165) is 48.5 Å². The van der Waals surface area contributed by atoms with Crippen LogP contribution in [0.15, 0.2) is 36.5 Å². The Morgan fingerprint density at radius 2 is 2.04 bits per heavy atom. The number of hydrogen-bond donors (Lipinski definition) is 3. The van der Waals surface area contributed by atoms with Gasteiger partial charge in [0.2, 0.25) is 0 Å². The Hall–Kier alpha value is -2.51. The van der Waals surface area contributed by atoms with Crippen molar-refractivity contribution in [3.8, 4) is 0 Å². The van der Waals surface area contributed by atoms with Crippen LogP contribution in [0.5, 0.6) is 0 Å². The number of aromatic nitrogens is 4. The third kappa shape index (κ3) is 3.40. The van der Waals surface area contributed by atoms with E-state index in [1.165, 1.54) is 5.56 Å². The number of fused-ring (bicyclic) bond motifs is 1. The molecule has 0 radical (unpaired) electrons. The molecule has 0 amide bonds. The standard InChI is InChI=1S/C19H25N7/c1-3-7-17-22-18(15-12-21-26(2)19(15)23-17)20-11-14-10-16(25-24-14)13-8-5-4-6-9-13/h4-6,8-9,12,14,16,24-25H,3,7,10-11H2,1-2H3,(H,20,22,23). The molecule has 26 heavy (non-hydrogen) atoms. The maximum atomic E-state index is 4.72. The van der Waals surface area contributed by atoms with Gasteiger partial charge in [0.05, 0.1) is 11.6 Å². The van der Waals surface area contributed by atoms with Gasteiger partial charge in [-0.05, 0) is 18.4 Å². The Bertz CT molecular complexity index is 874. The minimum atomic E-state index is 0.330. The third-order valence-electron chi connectivity index (χ3n) is 4.81. The van der Waals surface area contributed by atoms with Gasteiger partial charge >= 0.3 is 0 Å². The fourth-order valence-corrected chi connectivity index (χ4v) is 3.42. The first-order chi connectivity index (χ1) is 12.7. The fourth-order valence-electron chi connectivity index (χ4n) is 3.42. The van der Waals surface area contributed by atoms with Crippen LogP contribution >= 0.6 is 0 Å². The molecule has 0 aliphatic carbocycles. The number of anilines is 1. The molecule has 2 atom stereocenters. The Balaban J connectivity index is 1.46. The minimum absolute atomic E-state index is 0.330. The van der Waals surface area contributed by atoms with Gasteiger partial charge in [0.1, 0.15) is 11.6 Å². The number of benzene rings is 1. The Morgan fingerprint density at radius 3 is 2.85 bits per heavy atom. The number of hydrogen-bond acceptors (Lipinski definition) is 6. The van der Waals surface area contributed by atoms with Crippen molar-refractivity contribution in [2.45, 2.75) is 38.3 Å². The van der Waals surface area contributed by atoms with E-state index in [-0.39, 0.29) is 0 Å². The monoisotopic (exact) mass is 351 g/mol. The van der Waals surface area contributed by atoms with Gasteiger partial charge in [-0.15, -0.1) is 0 Å². The van der Waals surface area contributed by atoms with Gasteiger partial charge in [-0.25, -0.2) is 15.4 Å². The van der Waals surface area contributed by atoms with E-state index in [1.807, 2.05) is 24.0 Å². The molecule has 1 fully saturated rings. The van der Waals surface area contributed by atoms with E-state index < -0.39 is 0 Å². The average Bonchev–Trinajstić information content (AvgIpc) is 3.28. The summed E-state index contributed by atoms with van der Waals surface area (Å²) in [6.45, 7) is 2.94. The van der Waals surface area contributed by atoms with E-state index in [0.29, 0.717) is 12.1 Å². The molecule has 0 spiro atoms. The summed E-state index contributed by atoms with van der Waals surface area (Å²) in [5.74, 6) is 1.74. The molecule has 136 valence electrons. The highest BCUT2D eigenvalue weighted by atomic mass is 15.4. The predicted molar refractivity (Wildman–Crippen MR) is 103 cm³/mol. The van der Waals surface area contributed by atoms with E-state index in [9.17, 15) is 0 Å². The molecule has 3 aromatic rings. The van der Waals surface area contributed by atoms with Crippen LogP contribution in [0.1, 0.15) is 37.2 Å². The summed E-state index contributed by atoms with van der Waals surface area (Å²) < 4.78 is 1.81. The van der Waals surface area contributed by atoms with Crippen molar-refractivity contribution in [1.29, 1.82) is 0 Å². The molecule has 7 heteroatoms. The Kier molecular flexibility index (Phi) is 4.81. The lowest BCUT2D eigenvalue weighted by Gasteiger charge is -2.13. The summed E-state index contributed by atoms with van der Waals surface area (Å²) in [4.78, 5) is 9.36. The molecule has 1 aliphatic rings. The number of nitrogens with one attached hydrogen (secondary N) is 3. The fraction of sp³-hybridized carbons (Fsp3) is 0.421. The molecule has 4 rings (SSSR count). The van der Waals surface area contributed by atoms with Crippen LogP contribution in [0.3, 0.4) is 0 Å². The predicted octanol–water partition coefficient (Wildman–Crippen LogP) is 2.34. The smallest absolute Gasteiger partial charge is 0.163 e. The van der Waals surface area contributed by atoms with Crippen molar-refractivity contribution in [2.24, 2.45) is 7.05 Å².